The van der Waals surface area contributed by atoms with Crippen molar-refractivity contribution in [2.75, 3.05) is 0 Å². The fraction of sp³-hybridized carbons (Fsp3) is 0.167. The molecule has 0 aliphatic rings. The van der Waals surface area contributed by atoms with E-state index in [9.17, 15) is 18.3 Å². The molecule has 0 amide bonds. The number of halogens is 4. The number of hydrogen-bond donors (Lipinski definition) is 1. The molecule has 0 aliphatic heterocycles. The van der Waals surface area contributed by atoms with Gasteiger partial charge in [-0.1, -0.05) is 34.1 Å². The number of rotatable bonds is 2. The lowest BCUT2D eigenvalue weighted by atomic mass is 9.90. The van der Waals surface area contributed by atoms with Gasteiger partial charge in [0.2, 0.25) is 5.60 Å². The van der Waals surface area contributed by atoms with Crippen LogP contribution in [0.2, 0.25) is 0 Å². The Morgan fingerprint density at radius 1 is 1.06 bits per heavy atom. The Kier molecular flexibility index (Phi) is 3.25. The van der Waals surface area contributed by atoms with E-state index in [1.54, 1.807) is 6.07 Å². The summed E-state index contributed by atoms with van der Waals surface area (Å²) in [5.41, 5.74) is -3.48. The van der Waals surface area contributed by atoms with Crippen LogP contribution in [0.4, 0.5) is 13.2 Å². The predicted molar refractivity (Wildman–Crippen MR) is 61.9 cm³/mol. The van der Waals surface area contributed by atoms with E-state index in [0.717, 1.165) is 12.3 Å². The zero-order valence-corrected chi connectivity index (χ0v) is 10.5. The van der Waals surface area contributed by atoms with Gasteiger partial charge in [0.05, 0.1) is 6.26 Å². The van der Waals surface area contributed by atoms with Crippen LogP contribution >= 0.6 is 15.9 Å². The van der Waals surface area contributed by atoms with Crippen LogP contribution < -0.4 is 0 Å². The Hall–Kier alpha value is -1.27. The lowest BCUT2D eigenvalue weighted by Gasteiger charge is -2.29. The number of furan rings is 1. The highest BCUT2D eigenvalue weighted by atomic mass is 79.9. The molecule has 0 aliphatic carbocycles. The Morgan fingerprint density at radius 3 is 2.22 bits per heavy atom. The summed E-state index contributed by atoms with van der Waals surface area (Å²) in [6, 6.07) is 7.98. The lowest BCUT2D eigenvalue weighted by Crippen LogP contribution is -2.43. The zero-order chi connectivity index (χ0) is 13.4. The molecular formula is C12H8BrF3O2. The third-order valence-electron chi connectivity index (χ3n) is 2.55. The summed E-state index contributed by atoms with van der Waals surface area (Å²) in [6.07, 6.45) is -3.81. The molecule has 1 N–H and O–H groups in total. The van der Waals surface area contributed by atoms with Gasteiger partial charge in [-0.05, 0) is 18.2 Å². The van der Waals surface area contributed by atoms with Crippen LogP contribution in [-0.4, -0.2) is 11.3 Å². The first-order valence-corrected chi connectivity index (χ1v) is 5.75. The van der Waals surface area contributed by atoms with Gasteiger partial charge in [0.25, 0.3) is 0 Å². The molecule has 1 heterocycles. The number of hydrogen-bond acceptors (Lipinski definition) is 2. The molecule has 96 valence electrons. The minimum absolute atomic E-state index is 0.154. The first-order valence-electron chi connectivity index (χ1n) is 4.95. The highest BCUT2D eigenvalue weighted by Gasteiger charge is 2.59. The fourth-order valence-electron chi connectivity index (χ4n) is 1.66. The molecule has 0 spiro atoms. The number of alkyl halides is 3. The standard InChI is InChI=1S/C12H8BrF3O2/c13-9-5-2-1-4-8(9)11(17,12(14,15)16)10-6-3-7-18-10/h1-7,17H. The van der Waals surface area contributed by atoms with Crippen LogP contribution in [0.25, 0.3) is 0 Å². The first-order chi connectivity index (χ1) is 8.37. The summed E-state index contributed by atoms with van der Waals surface area (Å²) < 4.78 is 44.5. The van der Waals surface area contributed by atoms with Crippen molar-refractivity contribution in [2.45, 2.75) is 11.8 Å². The number of aliphatic hydroxyl groups is 1. The molecule has 1 aromatic carbocycles. The second-order valence-corrected chi connectivity index (χ2v) is 4.52. The summed E-state index contributed by atoms with van der Waals surface area (Å²) in [4.78, 5) is 0. The highest BCUT2D eigenvalue weighted by molar-refractivity contribution is 9.10. The minimum Gasteiger partial charge on any atom is -0.466 e. The van der Waals surface area contributed by atoms with Gasteiger partial charge in [-0.25, -0.2) is 0 Å². The van der Waals surface area contributed by atoms with Crippen LogP contribution in [0.5, 0.6) is 0 Å². The second kappa shape index (κ2) is 4.44. The molecular weight excluding hydrogens is 313 g/mol. The molecule has 18 heavy (non-hydrogen) atoms. The van der Waals surface area contributed by atoms with Crippen LogP contribution in [0.1, 0.15) is 11.3 Å². The van der Waals surface area contributed by atoms with E-state index in [1.165, 1.54) is 24.3 Å². The summed E-state index contributed by atoms with van der Waals surface area (Å²) in [5, 5.41) is 10.1. The molecule has 0 fully saturated rings. The molecule has 2 aromatic rings. The van der Waals surface area contributed by atoms with Crippen LogP contribution in [0.3, 0.4) is 0 Å². The van der Waals surface area contributed by atoms with Gasteiger partial charge in [-0.3, -0.25) is 0 Å². The van der Waals surface area contributed by atoms with Gasteiger partial charge in [-0.15, -0.1) is 0 Å². The molecule has 2 rings (SSSR count). The van der Waals surface area contributed by atoms with Crippen molar-refractivity contribution in [3.8, 4) is 0 Å². The van der Waals surface area contributed by atoms with Crippen molar-refractivity contribution in [2.24, 2.45) is 0 Å². The maximum Gasteiger partial charge on any atom is 0.428 e. The normalized spacial score (nSPS) is 15.4. The lowest BCUT2D eigenvalue weighted by molar-refractivity contribution is -0.254. The molecule has 0 saturated heterocycles. The summed E-state index contributed by atoms with van der Waals surface area (Å²) in [6.45, 7) is 0. The largest absolute Gasteiger partial charge is 0.466 e. The Bertz CT molecular complexity index is 537. The molecule has 6 heteroatoms. The van der Waals surface area contributed by atoms with Crippen LogP contribution in [-0.2, 0) is 5.60 Å². The van der Waals surface area contributed by atoms with E-state index in [2.05, 4.69) is 15.9 Å². The molecule has 1 unspecified atom stereocenters. The summed E-state index contributed by atoms with van der Waals surface area (Å²) in [5.74, 6) is -0.568. The molecule has 0 saturated carbocycles. The highest BCUT2D eigenvalue weighted by Crippen LogP contribution is 2.46. The van der Waals surface area contributed by atoms with Gasteiger partial charge in [-0.2, -0.15) is 13.2 Å². The van der Waals surface area contributed by atoms with Crippen molar-refractivity contribution in [3.63, 3.8) is 0 Å². The van der Waals surface area contributed by atoms with E-state index in [4.69, 9.17) is 4.42 Å². The zero-order valence-electron chi connectivity index (χ0n) is 8.91. The summed E-state index contributed by atoms with van der Waals surface area (Å²) in [7, 11) is 0. The maximum absolute atomic E-state index is 13.2. The molecule has 0 bridgehead atoms. The third-order valence-corrected chi connectivity index (χ3v) is 3.24. The van der Waals surface area contributed by atoms with Crippen LogP contribution in [0, 0.1) is 0 Å². The van der Waals surface area contributed by atoms with Crippen molar-refractivity contribution in [3.05, 3.63) is 58.5 Å². The smallest absolute Gasteiger partial charge is 0.428 e. The molecule has 1 atom stereocenters. The quantitative estimate of drug-likeness (QED) is 0.912. The Morgan fingerprint density at radius 2 is 1.72 bits per heavy atom. The monoisotopic (exact) mass is 320 g/mol. The predicted octanol–water partition coefficient (Wildman–Crippen LogP) is 3.84. The minimum atomic E-state index is -4.89. The van der Waals surface area contributed by atoms with E-state index in [0.29, 0.717) is 0 Å². The van der Waals surface area contributed by atoms with Crippen molar-refractivity contribution >= 4 is 15.9 Å². The second-order valence-electron chi connectivity index (χ2n) is 3.67. The Balaban J connectivity index is 2.69. The van der Waals surface area contributed by atoms with Crippen LogP contribution in [0.15, 0.2) is 51.6 Å². The average molecular weight is 321 g/mol. The van der Waals surface area contributed by atoms with Crippen molar-refractivity contribution < 1.29 is 22.7 Å². The van der Waals surface area contributed by atoms with Gasteiger partial charge in [0.15, 0.2) is 0 Å². The van der Waals surface area contributed by atoms with Gasteiger partial charge in [0, 0.05) is 10.0 Å². The first kappa shape index (κ1) is 13.2. The van der Waals surface area contributed by atoms with Crippen molar-refractivity contribution in [1.29, 1.82) is 0 Å². The molecule has 2 nitrogen and oxygen atoms in total. The summed E-state index contributed by atoms with van der Waals surface area (Å²) >= 11 is 3.01. The van der Waals surface area contributed by atoms with E-state index < -0.39 is 17.5 Å². The maximum atomic E-state index is 13.2. The van der Waals surface area contributed by atoms with E-state index in [-0.39, 0.29) is 10.0 Å². The topological polar surface area (TPSA) is 33.4 Å². The third kappa shape index (κ3) is 1.95. The van der Waals surface area contributed by atoms with E-state index in [1.807, 2.05) is 0 Å². The van der Waals surface area contributed by atoms with Gasteiger partial charge < -0.3 is 9.52 Å². The molecule has 0 radical (unpaired) electrons. The number of benzene rings is 1. The fourth-order valence-corrected chi connectivity index (χ4v) is 2.24. The van der Waals surface area contributed by atoms with E-state index >= 15 is 0 Å². The van der Waals surface area contributed by atoms with Gasteiger partial charge in [0.1, 0.15) is 5.76 Å². The van der Waals surface area contributed by atoms with Gasteiger partial charge >= 0.3 is 6.18 Å². The SMILES string of the molecule is OC(c1ccco1)(c1ccccc1Br)C(F)(F)F. The van der Waals surface area contributed by atoms with Crippen molar-refractivity contribution in [1.82, 2.24) is 0 Å². The Labute approximate surface area is 109 Å². The average Bonchev–Trinajstić information content (AvgIpc) is 2.80. The molecule has 1 aromatic heterocycles.